The Morgan fingerprint density at radius 2 is 1.05 bits per heavy atom. The van der Waals surface area contributed by atoms with Crippen LogP contribution >= 0.6 is 0 Å². The van der Waals surface area contributed by atoms with Crippen LogP contribution in [0.4, 0.5) is 11.4 Å². The van der Waals surface area contributed by atoms with E-state index in [1.807, 2.05) is 0 Å². The van der Waals surface area contributed by atoms with Gasteiger partial charge in [0.05, 0.1) is 11.4 Å². The normalized spacial score (nSPS) is 10.9. The van der Waals surface area contributed by atoms with Gasteiger partial charge in [-0.05, 0) is 24.3 Å². The summed E-state index contributed by atoms with van der Waals surface area (Å²) >= 11 is 0. The number of anilines is 2. The zero-order valence-corrected chi connectivity index (χ0v) is 10.6. The van der Waals surface area contributed by atoms with Crippen LogP contribution in [0.3, 0.4) is 0 Å². The number of hydrogen-bond acceptors (Lipinski definition) is 6. The van der Waals surface area contributed by atoms with Crippen molar-refractivity contribution in [3.05, 3.63) is 60.7 Å². The summed E-state index contributed by atoms with van der Waals surface area (Å²) < 4.78 is 31.8. The maximum absolute atomic E-state index is 11.4. The lowest BCUT2D eigenvalue weighted by Gasteiger charge is -2.08. The predicted molar refractivity (Wildman–Crippen MR) is 71.2 cm³/mol. The van der Waals surface area contributed by atoms with E-state index in [9.17, 15) is 8.42 Å². The largest absolute Gasteiger partial charge is 0.441 e. The van der Waals surface area contributed by atoms with Crippen LogP contribution < -0.4 is 11.0 Å². The Morgan fingerprint density at radius 1 is 0.684 bits per heavy atom. The molecule has 0 atom stereocenters. The van der Waals surface area contributed by atoms with Crippen molar-refractivity contribution in [2.45, 2.75) is 0 Å². The molecule has 0 aliphatic heterocycles. The van der Waals surface area contributed by atoms with E-state index < -0.39 is 10.4 Å². The highest BCUT2D eigenvalue weighted by atomic mass is 32.3. The third kappa shape index (κ3) is 4.59. The van der Waals surface area contributed by atoms with Gasteiger partial charge in [0.25, 0.3) is 0 Å². The van der Waals surface area contributed by atoms with Crippen molar-refractivity contribution >= 4 is 21.8 Å². The lowest BCUT2D eigenvalue weighted by molar-refractivity contribution is 0.280. The van der Waals surface area contributed by atoms with Gasteiger partial charge in [-0.25, -0.2) is 11.0 Å². The summed E-state index contributed by atoms with van der Waals surface area (Å²) in [6.07, 6.45) is 0. The average molecular weight is 280 g/mol. The van der Waals surface area contributed by atoms with E-state index in [4.69, 9.17) is 0 Å². The maximum Gasteiger partial charge on any atom is 0.441 e. The van der Waals surface area contributed by atoms with Crippen molar-refractivity contribution in [3.63, 3.8) is 0 Å². The first-order chi connectivity index (χ1) is 9.16. The molecule has 19 heavy (non-hydrogen) atoms. The van der Waals surface area contributed by atoms with E-state index in [1.54, 1.807) is 60.7 Å². The second-order valence-corrected chi connectivity index (χ2v) is 4.66. The van der Waals surface area contributed by atoms with Crippen LogP contribution in [0, 0.1) is 0 Å². The number of nitrogens with one attached hydrogen (secondary N) is 2. The lowest BCUT2D eigenvalue weighted by Crippen LogP contribution is -2.17. The molecule has 0 unspecified atom stereocenters. The molecule has 0 heterocycles. The zero-order chi connectivity index (χ0) is 13.6. The summed E-state index contributed by atoms with van der Waals surface area (Å²) in [4.78, 5) is 0. The molecule has 0 aliphatic carbocycles. The molecular formula is C12H12N2O4S. The molecule has 0 spiro atoms. The Balaban J connectivity index is 1.86. The van der Waals surface area contributed by atoms with E-state index >= 15 is 0 Å². The van der Waals surface area contributed by atoms with Gasteiger partial charge in [-0.3, -0.25) is 0 Å². The Labute approximate surface area is 111 Å². The maximum atomic E-state index is 11.4. The molecule has 0 saturated carbocycles. The van der Waals surface area contributed by atoms with Crippen LogP contribution in [-0.2, 0) is 19.0 Å². The van der Waals surface area contributed by atoms with E-state index in [2.05, 4.69) is 19.5 Å². The average Bonchev–Trinajstić information content (AvgIpc) is 2.46. The molecule has 0 fully saturated rings. The minimum absolute atomic E-state index is 0.495. The Hall–Kier alpha value is -2.09. The Kier molecular flexibility index (Phi) is 4.35. The Bertz CT molecular complexity index is 553. The molecule has 2 aromatic rings. The van der Waals surface area contributed by atoms with Gasteiger partial charge in [0.2, 0.25) is 0 Å². The third-order valence-corrected chi connectivity index (χ3v) is 2.65. The minimum atomic E-state index is -4.20. The molecule has 2 rings (SSSR count). The molecule has 0 aliphatic rings. The number of benzene rings is 2. The molecule has 0 aromatic heterocycles. The fourth-order valence-corrected chi connectivity index (χ4v) is 1.66. The summed E-state index contributed by atoms with van der Waals surface area (Å²) in [5.74, 6) is 0. The summed E-state index contributed by atoms with van der Waals surface area (Å²) in [6, 6.07) is 17.2. The van der Waals surface area contributed by atoms with E-state index in [0.717, 1.165) is 0 Å². The third-order valence-electron chi connectivity index (χ3n) is 2.07. The highest BCUT2D eigenvalue weighted by Gasteiger charge is 2.13. The SMILES string of the molecule is O=S(=O)(ONc1ccccc1)ONc1ccccc1. The number of hydrogen-bond donors (Lipinski definition) is 2. The van der Waals surface area contributed by atoms with Crippen molar-refractivity contribution in [1.29, 1.82) is 0 Å². The first kappa shape index (κ1) is 13.3. The topological polar surface area (TPSA) is 76.7 Å². The van der Waals surface area contributed by atoms with Gasteiger partial charge < -0.3 is 0 Å². The second-order valence-electron chi connectivity index (χ2n) is 3.51. The van der Waals surface area contributed by atoms with Crippen molar-refractivity contribution < 1.29 is 17.0 Å². The van der Waals surface area contributed by atoms with Crippen molar-refractivity contribution in [2.24, 2.45) is 0 Å². The van der Waals surface area contributed by atoms with E-state index in [1.165, 1.54) is 0 Å². The van der Waals surface area contributed by atoms with Crippen LogP contribution in [0.2, 0.25) is 0 Å². The highest BCUT2D eigenvalue weighted by Crippen LogP contribution is 2.09. The minimum Gasteiger partial charge on any atom is -0.247 e. The molecule has 0 bridgehead atoms. The molecule has 2 N–H and O–H groups in total. The standard InChI is InChI=1S/C12H12N2O4S/c15-19(16,17-13-11-7-3-1-4-8-11)18-14-12-9-5-2-6-10-12/h1-10,13-14H. The molecule has 7 heteroatoms. The van der Waals surface area contributed by atoms with Gasteiger partial charge in [0.1, 0.15) is 0 Å². The number of rotatable bonds is 6. The predicted octanol–water partition coefficient (Wildman–Crippen LogP) is 2.32. The van der Waals surface area contributed by atoms with E-state index in [-0.39, 0.29) is 0 Å². The first-order valence-corrected chi connectivity index (χ1v) is 6.73. The van der Waals surface area contributed by atoms with E-state index in [0.29, 0.717) is 11.4 Å². The van der Waals surface area contributed by atoms with Gasteiger partial charge in [-0.2, -0.15) is 8.42 Å². The van der Waals surface area contributed by atoms with Gasteiger partial charge in [0, 0.05) is 0 Å². The first-order valence-electron chi connectivity index (χ1n) is 5.40. The Morgan fingerprint density at radius 3 is 1.42 bits per heavy atom. The van der Waals surface area contributed by atoms with Gasteiger partial charge >= 0.3 is 10.4 Å². The molecule has 0 radical (unpaired) electrons. The summed E-state index contributed by atoms with van der Waals surface area (Å²) in [5, 5.41) is 0. The van der Waals surface area contributed by atoms with Gasteiger partial charge in [-0.15, -0.1) is 8.57 Å². The van der Waals surface area contributed by atoms with Crippen molar-refractivity contribution in [2.75, 3.05) is 11.0 Å². The molecule has 0 amide bonds. The summed E-state index contributed by atoms with van der Waals surface area (Å²) in [7, 11) is -4.20. The molecule has 0 saturated heterocycles. The molecular weight excluding hydrogens is 268 g/mol. The van der Waals surface area contributed by atoms with Gasteiger partial charge in [0.15, 0.2) is 0 Å². The van der Waals surface area contributed by atoms with Crippen LogP contribution in [-0.4, -0.2) is 8.42 Å². The second kappa shape index (κ2) is 6.19. The van der Waals surface area contributed by atoms with Crippen LogP contribution in [0.5, 0.6) is 0 Å². The molecule has 2 aromatic carbocycles. The highest BCUT2D eigenvalue weighted by molar-refractivity contribution is 7.81. The lowest BCUT2D eigenvalue weighted by atomic mass is 10.3. The quantitative estimate of drug-likeness (QED) is 0.791. The van der Waals surface area contributed by atoms with Crippen LogP contribution in [0.15, 0.2) is 60.7 Å². The fourth-order valence-electron chi connectivity index (χ4n) is 1.23. The summed E-state index contributed by atoms with van der Waals surface area (Å²) in [6.45, 7) is 0. The zero-order valence-electron chi connectivity index (χ0n) is 9.81. The molecule has 100 valence electrons. The van der Waals surface area contributed by atoms with Gasteiger partial charge in [-0.1, -0.05) is 36.4 Å². The smallest absolute Gasteiger partial charge is 0.247 e. The van der Waals surface area contributed by atoms with Crippen molar-refractivity contribution in [3.8, 4) is 0 Å². The summed E-state index contributed by atoms with van der Waals surface area (Å²) in [5.41, 5.74) is 5.53. The van der Waals surface area contributed by atoms with Crippen LogP contribution in [0.1, 0.15) is 0 Å². The van der Waals surface area contributed by atoms with Crippen LogP contribution in [0.25, 0.3) is 0 Å². The fraction of sp³-hybridized carbons (Fsp3) is 0. The monoisotopic (exact) mass is 280 g/mol. The van der Waals surface area contributed by atoms with Crippen molar-refractivity contribution in [1.82, 2.24) is 0 Å². The number of para-hydroxylation sites is 2. The molecule has 6 nitrogen and oxygen atoms in total.